The lowest BCUT2D eigenvalue weighted by Crippen LogP contribution is -2.11. The number of Topliss-reactive ketones (excluding diaryl/α,β-unsaturated/α-hetero) is 1. The Kier molecular flexibility index (Phi) is 3.14. The fourth-order valence-corrected chi connectivity index (χ4v) is 1.49. The maximum absolute atomic E-state index is 11.8. The average molecular weight is 219 g/mol. The number of furan rings is 1. The second kappa shape index (κ2) is 4.74. The molecule has 0 saturated heterocycles. The van der Waals surface area contributed by atoms with Gasteiger partial charge in [0.1, 0.15) is 18.4 Å². The van der Waals surface area contributed by atoms with Gasteiger partial charge in [-0.05, 0) is 12.5 Å². The predicted octanol–water partition coefficient (Wildman–Crippen LogP) is 1.71. The highest BCUT2D eigenvalue weighted by atomic mass is 16.3. The first-order chi connectivity index (χ1) is 7.81. The van der Waals surface area contributed by atoms with E-state index in [1.807, 2.05) is 0 Å². The van der Waals surface area contributed by atoms with Crippen LogP contribution in [-0.2, 0) is 13.0 Å². The number of aryl methyl sites for hydroxylation is 1. The lowest BCUT2D eigenvalue weighted by Gasteiger charge is -2.02. The van der Waals surface area contributed by atoms with Crippen molar-refractivity contribution in [3.8, 4) is 0 Å². The fourth-order valence-electron chi connectivity index (χ4n) is 1.49. The van der Waals surface area contributed by atoms with Crippen molar-refractivity contribution in [1.29, 1.82) is 0 Å². The van der Waals surface area contributed by atoms with Crippen molar-refractivity contribution in [1.82, 2.24) is 14.8 Å². The summed E-state index contributed by atoms with van der Waals surface area (Å²) in [5, 5.41) is 4.07. The van der Waals surface area contributed by atoms with Gasteiger partial charge in [0, 0.05) is 6.54 Å². The highest BCUT2D eigenvalue weighted by Crippen LogP contribution is 2.06. The average Bonchev–Trinajstić information content (AvgIpc) is 2.90. The van der Waals surface area contributed by atoms with Crippen LogP contribution >= 0.6 is 0 Å². The third kappa shape index (κ3) is 2.18. The standard InChI is InChI=1S/C11H13N3O2/c1-2-4-14-11(12-8-13-14)6-10(15)9-3-5-16-7-9/h3,5,7-8H,2,4,6H2,1H3. The first-order valence-electron chi connectivity index (χ1n) is 5.23. The van der Waals surface area contributed by atoms with Crippen LogP contribution in [0.1, 0.15) is 29.5 Å². The van der Waals surface area contributed by atoms with Crippen molar-refractivity contribution >= 4 is 5.78 Å². The molecule has 0 aliphatic rings. The van der Waals surface area contributed by atoms with Crippen molar-refractivity contribution in [3.05, 3.63) is 36.3 Å². The van der Waals surface area contributed by atoms with E-state index in [0.29, 0.717) is 11.4 Å². The largest absolute Gasteiger partial charge is 0.472 e. The molecule has 5 nitrogen and oxygen atoms in total. The monoisotopic (exact) mass is 219 g/mol. The molecule has 0 saturated carbocycles. The van der Waals surface area contributed by atoms with Crippen molar-refractivity contribution in [3.63, 3.8) is 0 Å². The minimum absolute atomic E-state index is 0.000830. The zero-order chi connectivity index (χ0) is 11.4. The lowest BCUT2D eigenvalue weighted by molar-refractivity contribution is 0.0988. The second-order valence-corrected chi connectivity index (χ2v) is 3.51. The molecule has 0 bridgehead atoms. The van der Waals surface area contributed by atoms with Gasteiger partial charge in [-0.1, -0.05) is 6.92 Å². The van der Waals surface area contributed by atoms with Crippen molar-refractivity contribution in [2.45, 2.75) is 26.3 Å². The Morgan fingerprint density at radius 1 is 1.56 bits per heavy atom. The van der Waals surface area contributed by atoms with Gasteiger partial charge in [0.05, 0.1) is 18.2 Å². The van der Waals surface area contributed by atoms with Crippen LogP contribution in [0.5, 0.6) is 0 Å². The predicted molar refractivity (Wildman–Crippen MR) is 57.1 cm³/mol. The maximum Gasteiger partial charge on any atom is 0.173 e. The number of nitrogens with zero attached hydrogens (tertiary/aromatic N) is 3. The summed E-state index contributed by atoms with van der Waals surface area (Å²) in [6, 6.07) is 1.66. The zero-order valence-corrected chi connectivity index (χ0v) is 9.09. The van der Waals surface area contributed by atoms with Gasteiger partial charge in [0.2, 0.25) is 0 Å². The molecule has 2 rings (SSSR count). The second-order valence-electron chi connectivity index (χ2n) is 3.51. The number of ketones is 1. The summed E-state index contributed by atoms with van der Waals surface area (Å²) >= 11 is 0. The highest BCUT2D eigenvalue weighted by molar-refractivity contribution is 5.96. The first-order valence-corrected chi connectivity index (χ1v) is 5.23. The Labute approximate surface area is 93.1 Å². The van der Waals surface area contributed by atoms with Gasteiger partial charge in [0.15, 0.2) is 5.78 Å². The normalized spacial score (nSPS) is 10.6. The number of rotatable bonds is 5. The van der Waals surface area contributed by atoms with Crippen LogP contribution in [0.15, 0.2) is 29.3 Å². The SMILES string of the molecule is CCCn1ncnc1CC(=O)c1ccoc1. The molecule has 0 aliphatic heterocycles. The molecule has 2 aromatic rings. The van der Waals surface area contributed by atoms with E-state index in [0.717, 1.165) is 13.0 Å². The quantitative estimate of drug-likeness (QED) is 0.718. The Hall–Kier alpha value is -1.91. The van der Waals surface area contributed by atoms with E-state index in [4.69, 9.17) is 4.42 Å². The molecular formula is C11H13N3O2. The van der Waals surface area contributed by atoms with Crippen LogP contribution < -0.4 is 0 Å². The van der Waals surface area contributed by atoms with Crippen molar-refractivity contribution in [2.24, 2.45) is 0 Å². The molecule has 16 heavy (non-hydrogen) atoms. The van der Waals surface area contributed by atoms with E-state index in [-0.39, 0.29) is 12.2 Å². The molecule has 0 fully saturated rings. The van der Waals surface area contributed by atoms with E-state index in [2.05, 4.69) is 17.0 Å². The van der Waals surface area contributed by atoms with E-state index in [9.17, 15) is 4.79 Å². The third-order valence-electron chi connectivity index (χ3n) is 2.29. The Bertz CT molecular complexity index is 459. The van der Waals surface area contributed by atoms with Gasteiger partial charge >= 0.3 is 0 Å². The first kappa shape index (κ1) is 10.6. The molecule has 0 spiro atoms. The Morgan fingerprint density at radius 3 is 3.12 bits per heavy atom. The van der Waals surface area contributed by atoms with Gasteiger partial charge in [-0.3, -0.25) is 4.79 Å². The Balaban J connectivity index is 2.09. The molecule has 0 atom stereocenters. The molecule has 84 valence electrons. The molecule has 5 heteroatoms. The minimum atomic E-state index is -0.000830. The minimum Gasteiger partial charge on any atom is -0.472 e. The fraction of sp³-hybridized carbons (Fsp3) is 0.364. The number of hydrogen-bond donors (Lipinski definition) is 0. The smallest absolute Gasteiger partial charge is 0.173 e. The molecular weight excluding hydrogens is 206 g/mol. The molecule has 0 radical (unpaired) electrons. The zero-order valence-electron chi connectivity index (χ0n) is 9.09. The van der Waals surface area contributed by atoms with Crippen LogP contribution in [0.2, 0.25) is 0 Å². The molecule has 2 heterocycles. The molecule has 0 aromatic carbocycles. The molecule has 2 aromatic heterocycles. The van der Waals surface area contributed by atoms with E-state index >= 15 is 0 Å². The summed E-state index contributed by atoms with van der Waals surface area (Å²) in [6.07, 6.45) is 5.65. The number of aromatic nitrogens is 3. The molecule has 0 aliphatic carbocycles. The van der Waals surface area contributed by atoms with Crippen LogP contribution in [0.3, 0.4) is 0 Å². The summed E-state index contributed by atoms with van der Waals surface area (Å²) in [4.78, 5) is 15.9. The van der Waals surface area contributed by atoms with E-state index in [1.54, 1.807) is 10.7 Å². The number of carbonyl (C=O) groups is 1. The van der Waals surface area contributed by atoms with Gasteiger partial charge in [0.25, 0.3) is 0 Å². The molecule has 0 amide bonds. The highest BCUT2D eigenvalue weighted by Gasteiger charge is 2.12. The van der Waals surface area contributed by atoms with Crippen molar-refractivity contribution in [2.75, 3.05) is 0 Å². The van der Waals surface area contributed by atoms with Crippen LogP contribution in [0, 0.1) is 0 Å². The maximum atomic E-state index is 11.8. The number of carbonyl (C=O) groups excluding carboxylic acids is 1. The van der Waals surface area contributed by atoms with Gasteiger partial charge in [-0.2, -0.15) is 5.10 Å². The topological polar surface area (TPSA) is 60.9 Å². The summed E-state index contributed by atoms with van der Waals surface area (Å²) in [6.45, 7) is 2.84. The third-order valence-corrected chi connectivity index (χ3v) is 2.29. The summed E-state index contributed by atoms with van der Waals surface area (Å²) in [5.74, 6) is 0.701. The van der Waals surface area contributed by atoms with Gasteiger partial charge in [-0.25, -0.2) is 9.67 Å². The Morgan fingerprint density at radius 2 is 2.44 bits per heavy atom. The van der Waals surface area contributed by atoms with E-state index in [1.165, 1.54) is 18.9 Å². The molecule has 0 N–H and O–H groups in total. The summed E-state index contributed by atoms with van der Waals surface area (Å²) < 4.78 is 6.63. The summed E-state index contributed by atoms with van der Waals surface area (Å²) in [5.41, 5.74) is 0.575. The number of hydrogen-bond acceptors (Lipinski definition) is 4. The van der Waals surface area contributed by atoms with E-state index < -0.39 is 0 Å². The van der Waals surface area contributed by atoms with Crippen molar-refractivity contribution < 1.29 is 9.21 Å². The van der Waals surface area contributed by atoms with Gasteiger partial charge < -0.3 is 4.42 Å². The van der Waals surface area contributed by atoms with Gasteiger partial charge in [-0.15, -0.1) is 0 Å². The van der Waals surface area contributed by atoms with Crippen LogP contribution in [0.4, 0.5) is 0 Å². The van der Waals surface area contributed by atoms with Crippen LogP contribution in [0.25, 0.3) is 0 Å². The molecule has 0 unspecified atom stereocenters. The van der Waals surface area contributed by atoms with Crippen LogP contribution in [-0.4, -0.2) is 20.5 Å². The lowest BCUT2D eigenvalue weighted by atomic mass is 10.1. The summed E-state index contributed by atoms with van der Waals surface area (Å²) in [7, 11) is 0.